The van der Waals surface area contributed by atoms with E-state index in [2.05, 4.69) is 11.8 Å². The fraction of sp³-hybridized carbons (Fsp3) is 0.857. The monoisotopic (exact) mass is 299 g/mol. The molecule has 0 bridgehead atoms. The van der Waals surface area contributed by atoms with E-state index in [-0.39, 0.29) is 25.0 Å². The van der Waals surface area contributed by atoms with Crippen LogP contribution in [0, 0.1) is 0 Å². The minimum absolute atomic E-state index is 0.105. The molecule has 2 amide bonds. The average Bonchev–Trinajstić information content (AvgIpc) is 2.88. The Hall–Kier alpha value is -1.34. The van der Waals surface area contributed by atoms with E-state index in [9.17, 15) is 19.8 Å². The number of carboxylic acids is 1. The zero-order valence-corrected chi connectivity index (χ0v) is 12.7. The molecule has 0 aromatic rings. The fourth-order valence-corrected chi connectivity index (χ4v) is 3.24. The number of hydrogen-bond acceptors (Lipinski definition) is 4. The number of likely N-dealkylation sites (tertiary alicyclic amines) is 2. The van der Waals surface area contributed by atoms with Gasteiger partial charge in [-0.2, -0.15) is 0 Å². The summed E-state index contributed by atoms with van der Waals surface area (Å²) >= 11 is 0. The van der Waals surface area contributed by atoms with Gasteiger partial charge in [0.2, 0.25) is 0 Å². The van der Waals surface area contributed by atoms with Gasteiger partial charge < -0.3 is 24.9 Å². The van der Waals surface area contributed by atoms with Crippen LogP contribution in [0.25, 0.3) is 0 Å². The number of aliphatic hydroxyl groups excluding tert-OH is 1. The Bertz CT molecular complexity index is 396. The van der Waals surface area contributed by atoms with E-state index >= 15 is 0 Å². The number of amides is 2. The molecule has 21 heavy (non-hydrogen) atoms. The van der Waals surface area contributed by atoms with Crippen molar-refractivity contribution in [2.75, 3.05) is 33.2 Å². The van der Waals surface area contributed by atoms with Crippen molar-refractivity contribution in [3.8, 4) is 0 Å². The van der Waals surface area contributed by atoms with Crippen molar-refractivity contribution in [2.24, 2.45) is 0 Å². The van der Waals surface area contributed by atoms with Crippen LogP contribution < -0.4 is 0 Å². The van der Waals surface area contributed by atoms with Crippen LogP contribution in [0.1, 0.15) is 26.2 Å². The summed E-state index contributed by atoms with van der Waals surface area (Å²) < 4.78 is 0. The number of β-amino-alcohol motifs (C(OH)–C–C–N with tert-alkyl or cyclic N) is 1. The third kappa shape index (κ3) is 3.47. The van der Waals surface area contributed by atoms with Crippen molar-refractivity contribution in [1.29, 1.82) is 0 Å². The largest absolute Gasteiger partial charge is 0.480 e. The van der Waals surface area contributed by atoms with Crippen molar-refractivity contribution in [3.05, 3.63) is 0 Å². The molecular weight excluding hydrogens is 274 g/mol. The molecule has 0 aliphatic carbocycles. The molecule has 2 atom stereocenters. The first-order valence-electron chi connectivity index (χ1n) is 7.60. The summed E-state index contributed by atoms with van der Waals surface area (Å²) in [4.78, 5) is 29.0. The summed E-state index contributed by atoms with van der Waals surface area (Å²) in [5.74, 6) is -1.05. The molecule has 2 aliphatic heterocycles. The second-order valence-electron chi connectivity index (χ2n) is 5.95. The average molecular weight is 299 g/mol. The number of hydrogen-bond donors (Lipinski definition) is 2. The Morgan fingerprint density at radius 1 is 1.29 bits per heavy atom. The van der Waals surface area contributed by atoms with Crippen LogP contribution in [0.2, 0.25) is 0 Å². The maximum atomic E-state index is 12.5. The minimum atomic E-state index is -1.05. The van der Waals surface area contributed by atoms with Crippen LogP contribution >= 0.6 is 0 Å². The molecule has 2 heterocycles. The molecule has 0 saturated carbocycles. The highest BCUT2D eigenvalue weighted by Gasteiger charge is 2.41. The van der Waals surface area contributed by atoms with Gasteiger partial charge in [0.25, 0.3) is 0 Å². The van der Waals surface area contributed by atoms with Crippen LogP contribution in [-0.2, 0) is 4.79 Å². The first-order chi connectivity index (χ1) is 9.93. The van der Waals surface area contributed by atoms with Gasteiger partial charge in [-0.05, 0) is 19.4 Å². The summed E-state index contributed by atoms with van der Waals surface area (Å²) in [5.41, 5.74) is 0. The highest BCUT2D eigenvalue weighted by molar-refractivity contribution is 5.83. The van der Waals surface area contributed by atoms with E-state index < -0.39 is 18.1 Å². The van der Waals surface area contributed by atoms with Crippen molar-refractivity contribution in [2.45, 2.75) is 44.4 Å². The van der Waals surface area contributed by atoms with E-state index in [1.54, 1.807) is 11.9 Å². The minimum Gasteiger partial charge on any atom is -0.480 e. The molecule has 0 aromatic carbocycles. The second-order valence-corrected chi connectivity index (χ2v) is 5.95. The van der Waals surface area contributed by atoms with Crippen LogP contribution in [0.4, 0.5) is 4.79 Å². The van der Waals surface area contributed by atoms with Crippen molar-refractivity contribution in [3.63, 3.8) is 0 Å². The molecule has 2 fully saturated rings. The Balaban J connectivity index is 1.97. The zero-order valence-electron chi connectivity index (χ0n) is 12.7. The molecule has 2 N–H and O–H groups in total. The number of carboxylic acid groups (broad SMARTS) is 1. The molecule has 0 radical (unpaired) electrons. The summed E-state index contributed by atoms with van der Waals surface area (Å²) in [6.45, 7) is 5.17. The maximum absolute atomic E-state index is 12.5. The standard InChI is InChI=1S/C14H25N3O4/c1-3-16-6-4-10(5-7-16)15(2)14(21)17-9-11(18)8-12(17)13(19)20/h10-12,18H,3-9H2,1-2H3,(H,19,20)/t11-,12-/m1/s1. The Morgan fingerprint density at radius 3 is 2.43 bits per heavy atom. The van der Waals surface area contributed by atoms with Gasteiger partial charge in [0.1, 0.15) is 6.04 Å². The lowest BCUT2D eigenvalue weighted by Crippen LogP contribution is -2.52. The second kappa shape index (κ2) is 6.62. The van der Waals surface area contributed by atoms with E-state index in [0.717, 1.165) is 32.5 Å². The molecule has 0 unspecified atom stereocenters. The number of carbonyl (C=O) groups excluding carboxylic acids is 1. The highest BCUT2D eigenvalue weighted by atomic mass is 16.4. The molecule has 120 valence electrons. The van der Waals surface area contributed by atoms with Crippen LogP contribution in [0.15, 0.2) is 0 Å². The van der Waals surface area contributed by atoms with E-state index in [4.69, 9.17) is 0 Å². The fourth-order valence-electron chi connectivity index (χ4n) is 3.24. The number of urea groups is 1. The lowest BCUT2D eigenvalue weighted by molar-refractivity contribution is -0.141. The molecule has 2 rings (SSSR count). The van der Waals surface area contributed by atoms with Gasteiger partial charge in [0.05, 0.1) is 6.10 Å². The Kier molecular flexibility index (Phi) is 5.05. The maximum Gasteiger partial charge on any atom is 0.326 e. The van der Waals surface area contributed by atoms with Crippen LogP contribution in [0.3, 0.4) is 0 Å². The van der Waals surface area contributed by atoms with Crippen LogP contribution in [-0.4, -0.2) is 88.3 Å². The molecular formula is C14H25N3O4. The van der Waals surface area contributed by atoms with Gasteiger partial charge >= 0.3 is 12.0 Å². The predicted octanol–water partition coefficient (Wildman–Crippen LogP) is 0.0423. The first kappa shape index (κ1) is 16.0. The van der Waals surface area contributed by atoms with Crippen molar-refractivity contribution < 1.29 is 19.8 Å². The van der Waals surface area contributed by atoms with Gasteiger partial charge in [0, 0.05) is 39.1 Å². The predicted molar refractivity (Wildman–Crippen MR) is 77.0 cm³/mol. The molecule has 0 aromatic heterocycles. The number of carbonyl (C=O) groups is 2. The summed E-state index contributed by atoms with van der Waals surface area (Å²) in [6, 6.07) is -1.05. The first-order valence-corrected chi connectivity index (χ1v) is 7.60. The molecule has 2 saturated heterocycles. The number of nitrogens with zero attached hydrogens (tertiary/aromatic N) is 3. The third-order valence-electron chi connectivity index (χ3n) is 4.66. The summed E-state index contributed by atoms with van der Waals surface area (Å²) in [5, 5.41) is 18.8. The van der Waals surface area contributed by atoms with Gasteiger partial charge in [-0.1, -0.05) is 6.92 Å². The van der Waals surface area contributed by atoms with Gasteiger partial charge in [0.15, 0.2) is 0 Å². The highest BCUT2D eigenvalue weighted by Crippen LogP contribution is 2.22. The lowest BCUT2D eigenvalue weighted by Gasteiger charge is -2.38. The quantitative estimate of drug-likeness (QED) is 0.769. The number of aliphatic carboxylic acids is 1. The van der Waals surface area contributed by atoms with E-state index in [0.29, 0.717) is 0 Å². The summed E-state index contributed by atoms with van der Waals surface area (Å²) in [6.07, 6.45) is 1.18. The van der Waals surface area contributed by atoms with Gasteiger partial charge in [-0.15, -0.1) is 0 Å². The van der Waals surface area contributed by atoms with Crippen molar-refractivity contribution >= 4 is 12.0 Å². The smallest absolute Gasteiger partial charge is 0.326 e. The number of aliphatic hydroxyl groups is 1. The van der Waals surface area contributed by atoms with Gasteiger partial charge in [-0.25, -0.2) is 9.59 Å². The zero-order chi connectivity index (χ0) is 15.6. The van der Waals surface area contributed by atoms with Crippen LogP contribution in [0.5, 0.6) is 0 Å². The Morgan fingerprint density at radius 2 is 1.90 bits per heavy atom. The van der Waals surface area contributed by atoms with E-state index in [1.165, 1.54) is 4.90 Å². The SMILES string of the molecule is CCN1CCC(N(C)C(=O)N2C[C@H](O)C[C@@H]2C(=O)O)CC1. The van der Waals surface area contributed by atoms with E-state index in [1.807, 2.05) is 0 Å². The van der Waals surface area contributed by atoms with Crippen molar-refractivity contribution in [1.82, 2.24) is 14.7 Å². The normalized spacial score (nSPS) is 27.9. The lowest BCUT2D eigenvalue weighted by atomic mass is 10.0. The number of rotatable bonds is 3. The topological polar surface area (TPSA) is 84.3 Å². The molecule has 7 nitrogen and oxygen atoms in total. The Labute approximate surface area is 125 Å². The summed E-state index contributed by atoms with van der Waals surface area (Å²) in [7, 11) is 1.73. The van der Waals surface area contributed by atoms with Gasteiger partial charge in [-0.3, -0.25) is 0 Å². The third-order valence-corrected chi connectivity index (χ3v) is 4.66. The molecule has 7 heteroatoms. The molecule has 2 aliphatic rings. The number of piperidine rings is 1. The molecule has 0 spiro atoms.